The van der Waals surface area contributed by atoms with Gasteiger partial charge in [0.2, 0.25) is 5.91 Å². The molecular formula is C13H22N2O5. The van der Waals surface area contributed by atoms with E-state index in [0.29, 0.717) is 19.7 Å². The average Bonchev–Trinajstić information content (AvgIpc) is 2.37. The Bertz CT molecular complexity index is 394. The topological polar surface area (TPSA) is 95.9 Å². The number of carbonyl (C=O) groups excluding carboxylic acids is 2. The number of rotatable bonds is 4. The number of carboxylic acid groups (broad SMARTS) is 1. The van der Waals surface area contributed by atoms with E-state index in [4.69, 9.17) is 9.84 Å². The third-order valence-electron chi connectivity index (χ3n) is 3.31. The van der Waals surface area contributed by atoms with Crippen LogP contribution in [0.4, 0.5) is 4.79 Å². The van der Waals surface area contributed by atoms with Crippen LogP contribution in [0.2, 0.25) is 0 Å². The van der Waals surface area contributed by atoms with Gasteiger partial charge in [0.15, 0.2) is 0 Å². The summed E-state index contributed by atoms with van der Waals surface area (Å²) < 4.78 is 5.44. The van der Waals surface area contributed by atoms with Gasteiger partial charge in [-0.3, -0.25) is 14.9 Å². The minimum atomic E-state index is -1.19. The number of hydrogen-bond donors (Lipinski definition) is 2. The fraction of sp³-hybridized carbons (Fsp3) is 0.769. The lowest BCUT2D eigenvalue weighted by molar-refractivity contribution is -0.149. The van der Waals surface area contributed by atoms with Gasteiger partial charge in [-0.1, -0.05) is 6.92 Å². The van der Waals surface area contributed by atoms with E-state index < -0.39 is 23.3 Å². The number of morpholine rings is 1. The Kier molecular flexibility index (Phi) is 5.50. The van der Waals surface area contributed by atoms with Crippen LogP contribution in [0.15, 0.2) is 0 Å². The third-order valence-corrected chi connectivity index (χ3v) is 3.31. The molecule has 1 aliphatic heterocycles. The highest BCUT2D eigenvalue weighted by Gasteiger charge is 2.32. The minimum absolute atomic E-state index is 0.0138. The summed E-state index contributed by atoms with van der Waals surface area (Å²) in [5, 5.41) is 11.2. The molecule has 1 heterocycles. The maximum atomic E-state index is 11.9. The number of nitrogens with zero attached hydrogens (tertiary/aromatic N) is 1. The predicted octanol–water partition coefficient (Wildman–Crippen LogP) is 0.834. The molecule has 0 spiro atoms. The van der Waals surface area contributed by atoms with Crippen LogP contribution in [-0.4, -0.2) is 53.7 Å². The van der Waals surface area contributed by atoms with Gasteiger partial charge in [-0.05, 0) is 20.3 Å². The van der Waals surface area contributed by atoms with Gasteiger partial charge in [-0.15, -0.1) is 0 Å². The second-order valence-corrected chi connectivity index (χ2v) is 5.57. The number of nitrogens with one attached hydrogen (secondary N) is 1. The summed E-state index contributed by atoms with van der Waals surface area (Å²) in [6, 6.07) is -0.488. The number of aliphatic carboxylic acids is 1. The Labute approximate surface area is 118 Å². The fourth-order valence-electron chi connectivity index (χ4n) is 1.87. The van der Waals surface area contributed by atoms with E-state index in [2.05, 4.69) is 5.32 Å². The molecule has 1 rings (SSSR count). The molecule has 1 fully saturated rings. The molecular weight excluding hydrogens is 264 g/mol. The molecule has 0 aromatic heterocycles. The number of carbonyl (C=O) groups is 3. The Balaban J connectivity index is 2.49. The molecule has 0 bridgehead atoms. The summed E-state index contributed by atoms with van der Waals surface area (Å²) in [6.45, 7) is 6.17. The van der Waals surface area contributed by atoms with Crippen molar-refractivity contribution in [3.8, 4) is 0 Å². The minimum Gasteiger partial charge on any atom is -0.481 e. The first-order valence-corrected chi connectivity index (χ1v) is 6.70. The summed E-state index contributed by atoms with van der Waals surface area (Å²) in [7, 11) is 0. The van der Waals surface area contributed by atoms with E-state index in [-0.39, 0.29) is 12.5 Å². The standard InChI is InChI=1S/C13H22N2O5/c1-4-9-8-15(5-6-20-9)12(19)14-10(16)7-13(2,3)11(17)18/h9H,4-8H2,1-3H3,(H,17,18)(H,14,16,19). The van der Waals surface area contributed by atoms with Gasteiger partial charge in [0.25, 0.3) is 0 Å². The Morgan fingerprint density at radius 3 is 2.60 bits per heavy atom. The number of imide groups is 1. The Hall–Kier alpha value is -1.63. The summed E-state index contributed by atoms with van der Waals surface area (Å²) in [5.41, 5.74) is -1.19. The van der Waals surface area contributed by atoms with Gasteiger partial charge in [-0.2, -0.15) is 0 Å². The normalized spacial score (nSPS) is 19.6. The summed E-state index contributed by atoms with van der Waals surface area (Å²) in [6.07, 6.45) is 0.541. The van der Waals surface area contributed by atoms with Gasteiger partial charge in [0, 0.05) is 19.5 Å². The number of carboxylic acids is 1. The SMILES string of the molecule is CCC1CN(C(=O)NC(=O)CC(C)(C)C(=O)O)CCO1. The molecule has 0 aliphatic carbocycles. The zero-order valence-corrected chi connectivity index (χ0v) is 12.1. The zero-order valence-electron chi connectivity index (χ0n) is 12.1. The van der Waals surface area contributed by atoms with Crippen molar-refractivity contribution in [2.24, 2.45) is 5.41 Å². The van der Waals surface area contributed by atoms with Crippen LogP contribution in [-0.2, 0) is 14.3 Å². The summed E-state index contributed by atoms with van der Waals surface area (Å²) in [4.78, 5) is 36.1. The highest BCUT2D eigenvalue weighted by Crippen LogP contribution is 2.20. The van der Waals surface area contributed by atoms with Gasteiger partial charge < -0.3 is 14.7 Å². The molecule has 0 aromatic carbocycles. The van der Waals surface area contributed by atoms with Crippen molar-refractivity contribution < 1.29 is 24.2 Å². The monoisotopic (exact) mass is 286 g/mol. The summed E-state index contributed by atoms with van der Waals surface area (Å²) in [5.74, 6) is -1.65. The Morgan fingerprint density at radius 1 is 1.40 bits per heavy atom. The van der Waals surface area contributed by atoms with E-state index in [9.17, 15) is 14.4 Å². The van der Waals surface area contributed by atoms with Gasteiger partial charge in [0.05, 0.1) is 18.1 Å². The van der Waals surface area contributed by atoms with Gasteiger partial charge in [0.1, 0.15) is 0 Å². The number of ether oxygens (including phenoxy) is 1. The average molecular weight is 286 g/mol. The van der Waals surface area contributed by atoms with Crippen molar-refractivity contribution in [3.63, 3.8) is 0 Å². The lowest BCUT2D eigenvalue weighted by Gasteiger charge is -2.32. The first kappa shape index (κ1) is 16.4. The van der Waals surface area contributed by atoms with Crippen LogP contribution in [0, 0.1) is 5.41 Å². The largest absolute Gasteiger partial charge is 0.481 e. The molecule has 1 saturated heterocycles. The van der Waals surface area contributed by atoms with E-state index in [1.54, 1.807) is 0 Å². The molecule has 1 atom stereocenters. The van der Waals surface area contributed by atoms with E-state index in [1.807, 2.05) is 6.92 Å². The maximum absolute atomic E-state index is 11.9. The van der Waals surface area contributed by atoms with E-state index in [0.717, 1.165) is 6.42 Å². The number of urea groups is 1. The van der Waals surface area contributed by atoms with Crippen molar-refractivity contribution in [3.05, 3.63) is 0 Å². The molecule has 114 valence electrons. The van der Waals surface area contributed by atoms with Crippen molar-refractivity contribution in [2.45, 2.75) is 39.7 Å². The van der Waals surface area contributed by atoms with Crippen LogP contribution < -0.4 is 5.32 Å². The quantitative estimate of drug-likeness (QED) is 0.798. The molecule has 3 amide bonds. The molecule has 1 unspecified atom stereocenters. The van der Waals surface area contributed by atoms with Crippen LogP contribution in [0.25, 0.3) is 0 Å². The number of amides is 3. The summed E-state index contributed by atoms with van der Waals surface area (Å²) >= 11 is 0. The van der Waals surface area contributed by atoms with Crippen molar-refractivity contribution in [1.29, 1.82) is 0 Å². The molecule has 7 heteroatoms. The van der Waals surface area contributed by atoms with Crippen LogP contribution in [0.3, 0.4) is 0 Å². The van der Waals surface area contributed by atoms with E-state index in [1.165, 1.54) is 18.7 Å². The smallest absolute Gasteiger partial charge is 0.324 e. The molecule has 0 saturated carbocycles. The third kappa shape index (κ3) is 4.48. The second-order valence-electron chi connectivity index (χ2n) is 5.57. The lowest BCUT2D eigenvalue weighted by atomic mass is 9.89. The molecule has 0 aromatic rings. The van der Waals surface area contributed by atoms with Crippen LogP contribution in [0.5, 0.6) is 0 Å². The van der Waals surface area contributed by atoms with Gasteiger partial charge >= 0.3 is 12.0 Å². The maximum Gasteiger partial charge on any atom is 0.324 e. The fourth-order valence-corrected chi connectivity index (χ4v) is 1.87. The lowest BCUT2D eigenvalue weighted by Crippen LogP contribution is -2.51. The molecule has 20 heavy (non-hydrogen) atoms. The second kappa shape index (κ2) is 6.69. The molecule has 1 aliphatic rings. The van der Waals surface area contributed by atoms with Crippen molar-refractivity contribution >= 4 is 17.9 Å². The van der Waals surface area contributed by atoms with Crippen LogP contribution >= 0.6 is 0 Å². The van der Waals surface area contributed by atoms with E-state index >= 15 is 0 Å². The highest BCUT2D eigenvalue weighted by atomic mass is 16.5. The van der Waals surface area contributed by atoms with Crippen molar-refractivity contribution in [1.82, 2.24) is 10.2 Å². The molecule has 7 nitrogen and oxygen atoms in total. The first-order chi connectivity index (χ1) is 9.26. The molecule has 2 N–H and O–H groups in total. The zero-order chi connectivity index (χ0) is 15.3. The first-order valence-electron chi connectivity index (χ1n) is 6.70. The van der Waals surface area contributed by atoms with Crippen molar-refractivity contribution in [2.75, 3.05) is 19.7 Å². The molecule has 0 radical (unpaired) electrons. The van der Waals surface area contributed by atoms with Gasteiger partial charge in [-0.25, -0.2) is 4.79 Å². The van der Waals surface area contributed by atoms with Crippen LogP contribution in [0.1, 0.15) is 33.6 Å². The Morgan fingerprint density at radius 2 is 2.05 bits per heavy atom. The number of hydrogen-bond acceptors (Lipinski definition) is 4. The highest BCUT2D eigenvalue weighted by molar-refractivity contribution is 5.96. The predicted molar refractivity (Wildman–Crippen MR) is 71.2 cm³/mol.